The molecule has 1 unspecified atom stereocenters. The molecule has 22 heavy (non-hydrogen) atoms. The molecule has 0 saturated carbocycles. The van der Waals surface area contributed by atoms with E-state index in [9.17, 15) is 14.3 Å². The van der Waals surface area contributed by atoms with E-state index >= 15 is 0 Å². The third-order valence-corrected chi connectivity index (χ3v) is 3.09. The second-order valence-electron chi connectivity index (χ2n) is 5.48. The van der Waals surface area contributed by atoms with Crippen LogP contribution in [0.1, 0.15) is 30.8 Å². The summed E-state index contributed by atoms with van der Waals surface area (Å²) >= 11 is 0. The maximum Gasteiger partial charge on any atom is 0.273 e. The molecule has 1 amide bonds. The second-order valence-corrected chi connectivity index (χ2v) is 5.48. The predicted octanol–water partition coefficient (Wildman–Crippen LogP) is 1.54. The van der Waals surface area contributed by atoms with Gasteiger partial charge in [-0.3, -0.25) is 4.79 Å². The van der Waals surface area contributed by atoms with Crippen molar-refractivity contribution in [3.63, 3.8) is 0 Å². The monoisotopic (exact) mass is 306 g/mol. The van der Waals surface area contributed by atoms with Gasteiger partial charge in [-0.2, -0.15) is 9.90 Å². The molecule has 6 nitrogen and oxygen atoms in total. The van der Waals surface area contributed by atoms with Gasteiger partial charge in [0.2, 0.25) is 0 Å². The summed E-state index contributed by atoms with van der Waals surface area (Å²) < 4.78 is 12.9. The van der Waals surface area contributed by atoms with Gasteiger partial charge in [-0.25, -0.2) is 4.39 Å². The predicted molar refractivity (Wildman–Crippen MR) is 79.1 cm³/mol. The van der Waals surface area contributed by atoms with Gasteiger partial charge < -0.3 is 10.4 Å². The molecule has 1 aromatic carbocycles. The quantitative estimate of drug-likeness (QED) is 0.848. The molecule has 2 aromatic rings. The Balaban J connectivity index is 2.07. The zero-order valence-corrected chi connectivity index (χ0v) is 12.5. The number of nitrogens with zero attached hydrogens (tertiary/aromatic N) is 3. The Kier molecular flexibility index (Phi) is 5.21. The van der Waals surface area contributed by atoms with E-state index in [0.717, 1.165) is 0 Å². The summed E-state index contributed by atoms with van der Waals surface area (Å²) in [4.78, 5) is 13.4. The molecular formula is C15H19FN4O2. The fraction of sp³-hybridized carbons (Fsp3) is 0.400. The average Bonchev–Trinajstić information content (AvgIpc) is 2.96. The first-order valence-corrected chi connectivity index (χ1v) is 7.09. The van der Waals surface area contributed by atoms with Crippen LogP contribution in [0.4, 0.5) is 4.39 Å². The molecule has 1 atom stereocenters. The molecule has 0 spiro atoms. The fourth-order valence-corrected chi connectivity index (χ4v) is 2.07. The summed E-state index contributed by atoms with van der Waals surface area (Å²) in [5, 5.41) is 20.1. The maximum atomic E-state index is 12.9. The third-order valence-electron chi connectivity index (χ3n) is 3.09. The summed E-state index contributed by atoms with van der Waals surface area (Å²) in [6.45, 7) is 3.90. The van der Waals surface area contributed by atoms with Crippen LogP contribution in [0.3, 0.4) is 0 Å². The van der Waals surface area contributed by atoms with Crippen LogP contribution in [0, 0.1) is 11.7 Å². The topological polar surface area (TPSA) is 80.0 Å². The summed E-state index contributed by atoms with van der Waals surface area (Å²) in [5.74, 6) is -0.395. The summed E-state index contributed by atoms with van der Waals surface area (Å²) in [7, 11) is 0. The van der Waals surface area contributed by atoms with E-state index < -0.39 is 5.91 Å². The third kappa shape index (κ3) is 4.11. The molecule has 2 rings (SSSR count). The molecule has 7 heteroatoms. The van der Waals surface area contributed by atoms with Crippen molar-refractivity contribution >= 4 is 5.91 Å². The summed E-state index contributed by atoms with van der Waals surface area (Å²) in [6.07, 6.45) is 2.01. The van der Waals surface area contributed by atoms with Crippen LogP contribution in [0.15, 0.2) is 30.5 Å². The lowest BCUT2D eigenvalue weighted by molar-refractivity contribution is 0.0903. The minimum Gasteiger partial charge on any atom is -0.394 e. The molecule has 118 valence electrons. The molecule has 0 aliphatic carbocycles. The lowest BCUT2D eigenvalue weighted by Crippen LogP contribution is -2.38. The van der Waals surface area contributed by atoms with Crippen molar-refractivity contribution in [1.82, 2.24) is 20.3 Å². The number of carbonyl (C=O) groups is 1. The van der Waals surface area contributed by atoms with Gasteiger partial charge >= 0.3 is 0 Å². The van der Waals surface area contributed by atoms with Crippen LogP contribution >= 0.6 is 0 Å². The van der Waals surface area contributed by atoms with E-state index in [-0.39, 0.29) is 24.2 Å². The lowest BCUT2D eigenvalue weighted by atomic mass is 10.0. The molecule has 1 heterocycles. The molecule has 0 aliphatic rings. The second kappa shape index (κ2) is 7.13. The first-order chi connectivity index (χ1) is 10.5. The number of hydrogen-bond acceptors (Lipinski definition) is 4. The highest BCUT2D eigenvalue weighted by molar-refractivity contribution is 5.92. The zero-order chi connectivity index (χ0) is 16.1. The number of halogens is 1. The van der Waals surface area contributed by atoms with Gasteiger partial charge in [0.05, 0.1) is 24.5 Å². The number of hydrogen-bond donors (Lipinski definition) is 2. The molecule has 2 N–H and O–H groups in total. The van der Waals surface area contributed by atoms with Crippen molar-refractivity contribution in [2.45, 2.75) is 26.3 Å². The van der Waals surface area contributed by atoms with Gasteiger partial charge in [0.15, 0.2) is 5.69 Å². The van der Waals surface area contributed by atoms with E-state index in [4.69, 9.17) is 0 Å². The van der Waals surface area contributed by atoms with Gasteiger partial charge in [0.25, 0.3) is 5.91 Å². The van der Waals surface area contributed by atoms with Gasteiger partial charge in [-0.05, 0) is 36.6 Å². The zero-order valence-electron chi connectivity index (χ0n) is 12.5. The van der Waals surface area contributed by atoms with Crippen LogP contribution in [-0.2, 0) is 0 Å². The van der Waals surface area contributed by atoms with Crippen LogP contribution in [0.2, 0.25) is 0 Å². The van der Waals surface area contributed by atoms with E-state index in [1.165, 1.54) is 35.3 Å². The first-order valence-electron chi connectivity index (χ1n) is 7.09. The van der Waals surface area contributed by atoms with Gasteiger partial charge in [0, 0.05) is 0 Å². The largest absolute Gasteiger partial charge is 0.394 e. The Morgan fingerprint density at radius 2 is 2.05 bits per heavy atom. The maximum absolute atomic E-state index is 12.9. The van der Waals surface area contributed by atoms with Crippen molar-refractivity contribution in [2.24, 2.45) is 5.92 Å². The van der Waals surface area contributed by atoms with Crippen LogP contribution in [0.25, 0.3) is 5.69 Å². The van der Waals surface area contributed by atoms with Gasteiger partial charge in [0.1, 0.15) is 5.82 Å². The van der Waals surface area contributed by atoms with E-state index in [0.29, 0.717) is 18.0 Å². The van der Waals surface area contributed by atoms with E-state index in [1.54, 1.807) is 0 Å². The van der Waals surface area contributed by atoms with Gasteiger partial charge in [-0.15, -0.1) is 5.10 Å². The number of aromatic nitrogens is 3. The summed E-state index contributed by atoms with van der Waals surface area (Å²) in [6, 6.07) is 5.31. The Morgan fingerprint density at radius 3 is 2.64 bits per heavy atom. The molecular weight excluding hydrogens is 287 g/mol. The van der Waals surface area contributed by atoms with E-state index in [1.807, 2.05) is 13.8 Å². The Morgan fingerprint density at radius 1 is 1.36 bits per heavy atom. The highest BCUT2D eigenvalue weighted by Crippen LogP contribution is 2.08. The standard InChI is InChI=1S/C15H19FN4O2/c1-10(2)7-12(9-21)18-15(22)14-8-17-20(19-14)13-5-3-11(16)4-6-13/h3-6,8,10,12,21H,7,9H2,1-2H3,(H,18,22). The number of aliphatic hydroxyl groups is 1. The van der Waals surface area contributed by atoms with Crippen LogP contribution < -0.4 is 5.32 Å². The molecule has 0 saturated heterocycles. The minimum absolute atomic E-state index is 0.129. The molecule has 0 bridgehead atoms. The van der Waals surface area contributed by atoms with Crippen molar-refractivity contribution in [1.29, 1.82) is 0 Å². The smallest absolute Gasteiger partial charge is 0.273 e. The Hall–Kier alpha value is -2.28. The van der Waals surface area contributed by atoms with Crippen molar-refractivity contribution in [2.75, 3.05) is 6.61 Å². The average molecular weight is 306 g/mol. The SMILES string of the molecule is CC(C)CC(CO)NC(=O)c1cnn(-c2ccc(F)cc2)n1. The fourth-order valence-electron chi connectivity index (χ4n) is 2.07. The van der Waals surface area contributed by atoms with Crippen LogP contribution in [-0.4, -0.2) is 38.7 Å². The highest BCUT2D eigenvalue weighted by atomic mass is 19.1. The normalized spacial score (nSPS) is 12.4. The minimum atomic E-state index is -0.395. The Labute approximate surface area is 128 Å². The molecule has 0 aliphatic heterocycles. The number of benzene rings is 1. The van der Waals surface area contributed by atoms with Crippen molar-refractivity contribution in [3.8, 4) is 5.69 Å². The van der Waals surface area contributed by atoms with Gasteiger partial charge in [-0.1, -0.05) is 13.8 Å². The van der Waals surface area contributed by atoms with Crippen molar-refractivity contribution in [3.05, 3.63) is 42.0 Å². The molecule has 0 fully saturated rings. The van der Waals surface area contributed by atoms with E-state index in [2.05, 4.69) is 15.5 Å². The molecule has 1 aromatic heterocycles. The first kappa shape index (κ1) is 16.1. The number of rotatable bonds is 6. The number of carbonyl (C=O) groups excluding carboxylic acids is 1. The number of nitrogens with one attached hydrogen (secondary N) is 1. The molecule has 0 radical (unpaired) electrons. The summed E-state index contributed by atoms with van der Waals surface area (Å²) in [5.41, 5.74) is 0.702. The Bertz CT molecular complexity index is 625. The lowest BCUT2D eigenvalue weighted by Gasteiger charge is -2.17. The number of aliphatic hydroxyl groups excluding tert-OH is 1. The number of amides is 1. The van der Waals surface area contributed by atoms with Crippen LogP contribution in [0.5, 0.6) is 0 Å². The van der Waals surface area contributed by atoms with Crippen molar-refractivity contribution < 1.29 is 14.3 Å². The highest BCUT2D eigenvalue weighted by Gasteiger charge is 2.17.